The number of likely N-dealkylation sites (tertiary alicyclic amines) is 1. The highest BCUT2D eigenvalue weighted by atomic mass is 19.3. The SMILES string of the molecule is C/C=C(C)\C=C\C.C=C(C)C(C)=N/C(C)=C(C)/C=C\C=C/C.C=C(C)C(C)C(C)C.CC.CN1CCC(F)(F)CC1. The van der Waals surface area contributed by atoms with E-state index in [1.807, 2.05) is 91.6 Å². The minimum atomic E-state index is -2.38. The first-order valence-corrected chi connectivity index (χ1v) is 15.1. The van der Waals surface area contributed by atoms with E-state index in [0.29, 0.717) is 19.0 Å². The fourth-order valence-electron chi connectivity index (χ4n) is 2.74. The molecular weight excluding hydrogens is 510 g/mol. The van der Waals surface area contributed by atoms with E-state index in [9.17, 15) is 8.78 Å². The minimum absolute atomic E-state index is 0.0312. The molecule has 0 aromatic rings. The van der Waals surface area contributed by atoms with E-state index >= 15 is 0 Å². The summed E-state index contributed by atoms with van der Waals surface area (Å²) in [6, 6.07) is 0. The second-order valence-electron chi connectivity index (χ2n) is 10.7. The Balaban J connectivity index is -0.000000228. The Morgan fingerprint density at radius 1 is 0.829 bits per heavy atom. The first-order chi connectivity index (χ1) is 18.9. The minimum Gasteiger partial charge on any atom is -0.306 e. The van der Waals surface area contributed by atoms with E-state index in [1.54, 1.807) is 0 Å². The van der Waals surface area contributed by atoms with Crippen LogP contribution in [-0.4, -0.2) is 36.7 Å². The summed E-state index contributed by atoms with van der Waals surface area (Å²) in [5.41, 5.74) is 6.83. The number of alkyl halides is 2. The fourth-order valence-corrected chi connectivity index (χ4v) is 2.74. The van der Waals surface area contributed by atoms with Crippen LogP contribution in [-0.2, 0) is 0 Å². The van der Waals surface area contributed by atoms with E-state index in [1.165, 1.54) is 16.7 Å². The number of allylic oxidation sites excluding steroid dienone is 12. The van der Waals surface area contributed by atoms with E-state index < -0.39 is 5.92 Å². The molecule has 1 fully saturated rings. The number of halogens is 2. The van der Waals surface area contributed by atoms with Crippen molar-refractivity contribution in [2.45, 2.75) is 116 Å². The molecule has 0 radical (unpaired) electrons. The molecule has 1 aliphatic heterocycles. The Hall–Kier alpha value is -2.33. The van der Waals surface area contributed by atoms with Crippen molar-refractivity contribution in [3.8, 4) is 0 Å². The van der Waals surface area contributed by atoms with Crippen LogP contribution in [0.3, 0.4) is 0 Å². The fraction of sp³-hybridized carbons (Fsp3) is 0.595. The molecule has 0 aliphatic carbocycles. The number of rotatable bonds is 7. The Bertz CT molecular complexity index is 871. The summed E-state index contributed by atoms with van der Waals surface area (Å²) in [7, 11) is 1.87. The second kappa shape index (κ2) is 27.8. The zero-order valence-corrected chi connectivity index (χ0v) is 29.6. The van der Waals surface area contributed by atoms with Crippen molar-refractivity contribution < 1.29 is 8.78 Å². The van der Waals surface area contributed by atoms with Gasteiger partial charge in [-0.3, -0.25) is 4.99 Å². The maximum absolute atomic E-state index is 12.4. The van der Waals surface area contributed by atoms with Crippen LogP contribution < -0.4 is 0 Å². The number of piperidine rings is 1. The second-order valence-corrected chi connectivity index (χ2v) is 10.7. The van der Waals surface area contributed by atoms with E-state index in [0.717, 1.165) is 22.9 Å². The molecule has 2 nitrogen and oxygen atoms in total. The summed E-state index contributed by atoms with van der Waals surface area (Å²) < 4.78 is 24.7. The van der Waals surface area contributed by atoms with Crippen LogP contribution in [0.15, 0.2) is 88.7 Å². The maximum Gasteiger partial charge on any atom is 0.250 e. The van der Waals surface area contributed by atoms with Gasteiger partial charge in [0.2, 0.25) is 0 Å². The standard InChI is InChI=1S/C14H21N.C8H16.C7H12.C6H11F2N.C2H6/c1-7-8-9-10-12(4)14(6)15-13(5)11(2)3;1-6(2)8(5)7(3)4;1-4-6-7(3)5-2;1-9-4-2-6(7,8)3-5-9;1-2/h7-10H,2H2,1,3-6H3;7-8H,1H2,2-5H3;4-6H,1-3H3;2-5H2,1H3;1-2H3/b8-7-,10-9-,14-12+,15-13?;;6-4+,7-5-;;. The van der Waals surface area contributed by atoms with Crippen LogP contribution in [0.2, 0.25) is 0 Å². The topological polar surface area (TPSA) is 15.6 Å². The van der Waals surface area contributed by atoms with Gasteiger partial charge in [-0.05, 0) is 92.3 Å². The molecule has 0 spiro atoms. The van der Waals surface area contributed by atoms with Crippen LogP contribution in [0, 0.1) is 11.8 Å². The van der Waals surface area contributed by atoms with Crippen molar-refractivity contribution >= 4 is 5.71 Å². The summed E-state index contributed by atoms with van der Waals surface area (Å²) in [4.78, 5) is 6.40. The lowest BCUT2D eigenvalue weighted by molar-refractivity contribution is -0.0504. The molecule has 1 aliphatic rings. The van der Waals surface area contributed by atoms with E-state index in [4.69, 9.17) is 0 Å². The average Bonchev–Trinajstić information content (AvgIpc) is 2.92. The van der Waals surface area contributed by atoms with E-state index in [2.05, 4.69) is 77.9 Å². The highest BCUT2D eigenvalue weighted by molar-refractivity contribution is 5.97. The van der Waals surface area contributed by atoms with Crippen molar-refractivity contribution in [3.63, 3.8) is 0 Å². The number of hydrogen-bond acceptors (Lipinski definition) is 2. The summed E-state index contributed by atoms with van der Waals surface area (Å²) in [6.45, 7) is 37.7. The third kappa shape index (κ3) is 30.5. The van der Waals surface area contributed by atoms with Gasteiger partial charge in [-0.25, -0.2) is 8.78 Å². The van der Waals surface area contributed by atoms with Gasteiger partial charge in [-0.1, -0.05) is 101 Å². The van der Waals surface area contributed by atoms with Gasteiger partial charge in [0, 0.05) is 37.3 Å². The molecule has 0 saturated carbocycles. The first-order valence-electron chi connectivity index (χ1n) is 15.1. The van der Waals surface area contributed by atoms with Crippen LogP contribution >= 0.6 is 0 Å². The molecule has 0 aromatic carbocycles. The molecular formula is C37H66F2N2. The van der Waals surface area contributed by atoms with Gasteiger partial charge in [0.15, 0.2) is 0 Å². The van der Waals surface area contributed by atoms with Crippen LogP contribution in [0.25, 0.3) is 0 Å². The van der Waals surface area contributed by atoms with Gasteiger partial charge in [-0.2, -0.15) is 0 Å². The lowest BCUT2D eigenvalue weighted by atomic mass is 9.92. The van der Waals surface area contributed by atoms with Crippen LogP contribution in [0.5, 0.6) is 0 Å². The smallest absolute Gasteiger partial charge is 0.250 e. The zero-order valence-electron chi connectivity index (χ0n) is 29.6. The largest absolute Gasteiger partial charge is 0.306 e. The van der Waals surface area contributed by atoms with Crippen molar-refractivity contribution in [2.24, 2.45) is 16.8 Å². The third-order valence-corrected chi connectivity index (χ3v) is 6.55. The quantitative estimate of drug-likeness (QED) is 0.167. The molecule has 1 atom stereocenters. The molecule has 1 saturated heterocycles. The Morgan fingerprint density at radius 2 is 1.32 bits per heavy atom. The molecule has 238 valence electrons. The van der Waals surface area contributed by atoms with Crippen molar-refractivity contribution in [2.75, 3.05) is 20.1 Å². The monoisotopic (exact) mass is 577 g/mol. The van der Waals surface area contributed by atoms with Gasteiger partial charge in [-0.15, -0.1) is 0 Å². The van der Waals surface area contributed by atoms with Crippen LogP contribution in [0.4, 0.5) is 8.78 Å². The lowest BCUT2D eigenvalue weighted by Gasteiger charge is -2.28. The van der Waals surface area contributed by atoms with Gasteiger partial charge in [0.05, 0.1) is 0 Å². The predicted octanol–water partition coefficient (Wildman–Crippen LogP) is 12.2. The predicted molar refractivity (Wildman–Crippen MR) is 186 cm³/mol. The zero-order chi connectivity index (χ0) is 33.2. The molecule has 1 heterocycles. The number of aliphatic imine (C=N–C) groups is 1. The Labute approximate surface area is 255 Å². The van der Waals surface area contributed by atoms with Crippen molar-refractivity contribution in [1.29, 1.82) is 0 Å². The van der Waals surface area contributed by atoms with Crippen LogP contribution in [0.1, 0.15) is 110 Å². The summed E-state index contributed by atoms with van der Waals surface area (Å²) in [6.07, 6.45) is 14.4. The summed E-state index contributed by atoms with van der Waals surface area (Å²) in [5.74, 6) is -0.963. The summed E-state index contributed by atoms with van der Waals surface area (Å²) >= 11 is 0. The molecule has 1 unspecified atom stereocenters. The number of hydrogen-bond donors (Lipinski definition) is 0. The molecule has 41 heavy (non-hydrogen) atoms. The highest BCUT2D eigenvalue weighted by Gasteiger charge is 2.32. The van der Waals surface area contributed by atoms with Crippen molar-refractivity contribution in [3.05, 3.63) is 83.7 Å². The first kappa shape index (κ1) is 45.7. The third-order valence-electron chi connectivity index (χ3n) is 6.55. The molecule has 0 bridgehead atoms. The Kier molecular flexibility index (Phi) is 31.0. The lowest BCUT2D eigenvalue weighted by Crippen LogP contribution is -2.36. The maximum atomic E-state index is 12.4. The van der Waals surface area contributed by atoms with Gasteiger partial charge in [0.1, 0.15) is 0 Å². The molecule has 1 rings (SSSR count). The van der Waals surface area contributed by atoms with Gasteiger partial charge < -0.3 is 4.90 Å². The molecule has 0 amide bonds. The average molecular weight is 577 g/mol. The van der Waals surface area contributed by atoms with E-state index in [-0.39, 0.29) is 12.8 Å². The van der Waals surface area contributed by atoms with Gasteiger partial charge >= 0.3 is 0 Å². The summed E-state index contributed by atoms with van der Waals surface area (Å²) in [5, 5.41) is 0. The molecule has 0 N–H and O–H groups in total. The number of nitrogens with zero attached hydrogens (tertiary/aromatic N) is 2. The van der Waals surface area contributed by atoms with Gasteiger partial charge in [0.25, 0.3) is 5.92 Å². The molecule has 0 aromatic heterocycles. The Morgan fingerprint density at radius 3 is 1.59 bits per heavy atom. The highest BCUT2D eigenvalue weighted by Crippen LogP contribution is 2.26. The molecule has 4 heteroatoms. The normalized spacial score (nSPS) is 16.8. The van der Waals surface area contributed by atoms with Crippen molar-refractivity contribution in [1.82, 2.24) is 4.90 Å².